The van der Waals surface area contributed by atoms with Gasteiger partial charge in [-0.2, -0.15) is 17.5 Å². The predicted molar refractivity (Wildman–Crippen MR) is 110 cm³/mol. The summed E-state index contributed by atoms with van der Waals surface area (Å²) in [5.41, 5.74) is -1.19. The van der Waals surface area contributed by atoms with Crippen LogP contribution in [0, 0.1) is 0 Å². The number of carbonyl (C=O) groups excluding carboxylic acids is 1. The first-order chi connectivity index (χ1) is 14.5. The molecule has 2 aromatic carbocycles. The van der Waals surface area contributed by atoms with Crippen LogP contribution in [-0.2, 0) is 21.0 Å². The van der Waals surface area contributed by atoms with E-state index < -0.39 is 34.3 Å². The lowest BCUT2D eigenvalue weighted by Crippen LogP contribution is -2.27. The van der Waals surface area contributed by atoms with Crippen molar-refractivity contribution in [3.05, 3.63) is 52.0 Å². The third kappa shape index (κ3) is 5.62. The van der Waals surface area contributed by atoms with Gasteiger partial charge in [0, 0.05) is 13.1 Å². The first-order valence-corrected chi connectivity index (χ1v) is 11.3. The molecule has 1 N–H and O–H groups in total. The lowest BCUT2D eigenvalue weighted by molar-refractivity contribution is -0.137. The van der Waals surface area contributed by atoms with Crippen molar-refractivity contribution in [2.75, 3.05) is 25.0 Å². The Balaban J connectivity index is 1.66. The summed E-state index contributed by atoms with van der Waals surface area (Å²) in [4.78, 5) is 12.1. The molecular formula is C19H17Cl2F3N2O4S. The highest BCUT2D eigenvalue weighted by Gasteiger charge is 2.31. The molecule has 1 fully saturated rings. The third-order valence-corrected chi connectivity index (χ3v) is 7.05. The average Bonchev–Trinajstić information content (AvgIpc) is 3.23. The van der Waals surface area contributed by atoms with Crippen LogP contribution in [0.3, 0.4) is 0 Å². The number of nitrogens with zero attached hydrogens (tertiary/aromatic N) is 1. The van der Waals surface area contributed by atoms with Crippen LogP contribution < -0.4 is 10.1 Å². The molecule has 1 heterocycles. The van der Waals surface area contributed by atoms with Crippen LogP contribution in [0.25, 0.3) is 0 Å². The molecule has 0 unspecified atom stereocenters. The van der Waals surface area contributed by atoms with Gasteiger partial charge in [-0.15, -0.1) is 0 Å². The van der Waals surface area contributed by atoms with Crippen LogP contribution in [-0.4, -0.2) is 38.3 Å². The number of amides is 1. The molecule has 0 radical (unpaired) electrons. The molecular weight excluding hydrogens is 480 g/mol. The zero-order valence-electron chi connectivity index (χ0n) is 15.9. The normalized spacial score (nSPS) is 15.1. The molecule has 0 aromatic heterocycles. The quantitative estimate of drug-likeness (QED) is 0.622. The molecule has 12 heteroatoms. The monoisotopic (exact) mass is 496 g/mol. The van der Waals surface area contributed by atoms with Gasteiger partial charge in [-0.25, -0.2) is 8.42 Å². The first-order valence-electron chi connectivity index (χ1n) is 9.07. The standard InChI is InChI=1S/C19H17Cl2F3N2O4S/c20-14-5-3-12(19(22,23)24)9-16(14)25-18(27)11-30-17-6-4-13(10-15(17)21)31(28,29)26-7-1-2-8-26/h3-6,9-10H,1-2,7-8,11H2,(H,25,27). The summed E-state index contributed by atoms with van der Waals surface area (Å²) in [6.07, 6.45) is -3.01. The molecule has 1 aliphatic rings. The van der Waals surface area contributed by atoms with Crippen molar-refractivity contribution in [1.82, 2.24) is 4.31 Å². The number of anilines is 1. The number of alkyl halides is 3. The first kappa shape index (κ1) is 23.6. The number of ether oxygens (including phenoxy) is 1. The Kier molecular flexibility index (Phi) is 7.04. The summed E-state index contributed by atoms with van der Waals surface area (Å²) >= 11 is 11.9. The average molecular weight is 497 g/mol. The van der Waals surface area contributed by atoms with Gasteiger partial charge in [0.1, 0.15) is 5.75 Å². The van der Waals surface area contributed by atoms with Gasteiger partial charge >= 0.3 is 6.18 Å². The smallest absolute Gasteiger partial charge is 0.416 e. The summed E-state index contributed by atoms with van der Waals surface area (Å²) in [5.74, 6) is -0.724. The molecule has 0 aliphatic carbocycles. The van der Waals surface area contributed by atoms with Crippen LogP contribution in [0.2, 0.25) is 10.0 Å². The molecule has 168 valence electrons. The van der Waals surface area contributed by atoms with Gasteiger partial charge in [-0.3, -0.25) is 4.79 Å². The Labute approximate surface area is 186 Å². The highest BCUT2D eigenvalue weighted by molar-refractivity contribution is 7.89. The number of hydrogen-bond acceptors (Lipinski definition) is 4. The molecule has 3 rings (SSSR count). The molecule has 0 saturated carbocycles. The van der Waals surface area contributed by atoms with Crippen LogP contribution in [0.5, 0.6) is 5.75 Å². The van der Waals surface area contributed by atoms with Crippen LogP contribution in [0.15, 0.2) is 41.3 Å². The fraction of sp³-hybridized carbons (Fsp3) is 0.316. The van der Waals surface area contributed by atoms with E-state index in [0.29, 0.717) is 19.2 Å². The maximum Gasteiger partial charge on any atom is 0.416 e. The highest BCUT2D eigenvalue weighted by atomic mass is 35.5. The maximum atomic E-state index is 12.8. The Morgan fingerprint density at radius 1 is 1.06 bits per heavy atom. The fourth-order valence-corrected chi connectivity index (χ4v) is 4.97. The van der Waals surface area contributed by atoms with E-state index in [4.69, 9.17) is 27.9 Å². The van der Waals surface area contributed by atoms with Crippen molar-refractivity contribution in [3.8, 4) is 5.75 Å². The molecule has 1 saturated heterocycles. The number of nitrogens with one attached hydrogen (secondary N) is 1. The maximum absolute atomic E-state index is 12.8. The molecule has 2 aromatic rings. The Morgan fingerprint density at radius 3 is 2.35 bits per heavy atom. The van der Waals surface area contributed by atoms with Crippen LogP contribution >= 0.6 is 23.2 Å². The minimum atomic E-state index is -4.59. The minimum Gasteiger partial charge on any atom is -0.482 e. The van der Waals surface area contributed by atoms with Gasteiger partial charge in [0.15, 0.2) is 6.61 Å². The lowest BCUT2D eigenvalue weighted by atomic mass is 10.2. The van der Waals surface area contributed by atoms with Gasteiger partial charge in [-0.05, 0) is 49.2 Å². The molecule has 0 spiro atoms. The van der Waals surface area contributed by atoms with Crippen molar-refractivity contribution < 1.29 is 31.1 Å². The predicted octanol–water partition coefficient (Wildman–Crippen LogP) is 4.81. The Morgan fingerprint density at radius 2 is 1.74 bits per heavy atom. The Hall–Kier alpha value is -2.01. The number of sulfonamides is 1. The van der Waals surface area contributed by atoms with E-state index in [1.807, 2.05) is 0 Å². The highest BCUT2D eigenvalue weighted by Crippen LogP contribution is 2.34. The lowest BCUT2D eigenvalue weighted by Gasteiger charge is -2.16. The third-order valence-electron chi connectivity index (χ3n) is 4.53. The zero-order chi connectivity index (χ0) is 22.8. The fourth-order valence-electron chi connectivity index (χ4n) is 2.96. The SMILES string of the molecule is O=C(COc1ccc(S(=O)(=O)N2CCCC2)cc1Cl)Nc1cc(C(F)(F)F)ccc1Cl. The van der Waals surface area contributed by atoms with Crippen molar-refractivity contribution >= 4 is 44.8 Å². The second-order valence-corrected chi connectivity index (χ2v) is 9.48. The summed E-state index contributed by atoms with van der Waals surface area (Å²) in [5, 5.41) is 2.15. The van der Waals surface area contributed by atoms with E-state index in [2.05, 4.69) is 5.32 Å². The second-order valence-electron chi connectivity index (χ2n) is 6.73. The number of benzene rings is 2. The van der Waals surface area contributed by atoms with Gasteiger partial charge < -0.3 is 10.1 Å². The van der Waals surface area contributed by atoms with Crippen LogP contribution in [0.4, 0.5) is 18.9 Å². The molecule has 31 heavy (non-hydrogen) atoms. The largest absolute Gasteiger partial charge is 0.482 e. The van der Waals surface area contributed by atoms with Gasteiger partial charge in [0.25, 0.3) is 5.91 Å². The van der Waals surface area contributed by atoms with Crippen LogP contribution in [0.1, 0.15) is 18.4 Å². The van der Waals surface area contributed by atoms with Crippen molar-refractivity contribution in [1.29, 1.82) is 0 Å². The number of hydrogen-bond donors (Lipinski definition) is 1. The summed E-state index contributed by atoms with van der Waals surface area (Å²) in [6.45, 7) is 0.303. The van der Waals surface area contributed by atoms with Crippen molar-refractivity contribution in [2.45, 2.75) is 23.9 Å². The molecule has 0 atom stereocenters. The summed E-state index contributed by atoms with van der Waals surface area (Å²) in [6, 6.07) is 6.40. The molecule has 1 aliphatic heterocycles. The topological polar surface area (TPSA) is 75.7 Å². The van der Waals surface area contributed by atoms with E-state index in [-0.39, 0.29) is 26.4 Å². The van der Waals surface area contributed by atoms with Gasteiger partial charge in [0.2, 0.25) is 10.0 Å². The van der Waals surface area contributed by atoms with E-state index in [1.54, 1.807) is 0 Å². The van der Waals surface area contributed by atoms with E-state index in [1.165, 1.54) is 22.5 Å². The second kappa shape index (κ2) is 9.23. The number of carbonyl (C=O) groups is 1. The molecule has 0 bridgehead atoms. The van der Waals surface area contributed by atoms with Crippen molar-refractivity contribution in [3.63, 3.8) is 0 Å². The Bertz CT molecular complexity index is 1090. The number of rotatable bonds is 6. The van der Waals surface area contributed by atoms with E-state index in [9.17, 15) is 26.4 Å². The van der Waals surface area contributed by atoms with Crippen molar-refractivity contribution in [2.24, 2.45) is 0 Å². The minimum absolute atomic E-state index is 0.00643. The zero-order valence-corrected chi connectivity index (χ0v) is 18.2. The van der Waals surface area contributed by atoms with E-state index >= 15 is 0 Å². The van der Waals surface area contributed by atoms with Gasteiger partial charge in [0.05, 0.1) is 26.2 Å². The van der Waals surface area contributed by atoms with Gasteiger partial charge in [-0.1, -0.05) is 23.2 Å². The number of halogens is 5. The molecule has 6 nitrogen and oxygen atoms in total. The summed E-state index contributed by atoms with van der Waals surface area (Å²) in [7, 11) is -3.66. The summed E-state index contributed by atoms with van der Waals surface area (Å²) < 4.78 is 70.3. The molecule has 1 amide bonds. The van der Waals surface area contributed by atoms with E-state index in [0.717, 1.165) is 25.0 Å².